The van der Waals surface area contributed by atoms with Crippen LogP contribution in [0.2, 0.25) is 0 Å². The van der Waals surface area contributed by atoms with Crippen LogP contribution in [0.3, 0.4) is 0 Å². The van der Waals surface area contributed by atoms with Gasteiger partial charge in [-0.15, -0.1) is 0 Å². The summed E-state index contributed by atoms with van der Waals surface area (Å²) in [6, 6.07) is 5.26. The molecule has 94 valence electrons. The first kappa shape index (κ1) is 14.1. The Hall–Kier alpha value is -2.00. The van der Waals surface area contributed by atoms with Crippen LogP contribution in [0, 0.1) is 18.4 Å². The maximum atomic E-state index is 11.5. The summed E-state index contributed by atoms with van der Waals surface area (Å²) >= 11 is 1.33. The van der Waals surface area contributed by atoms with Crippen LogP contribution in [0.4, 0.5) is 5.69 Å². The third-order valence-corrected chi connectivity index (χ3v) is 2.86. The van der Waals surface area contributed by atoms with E-state index in [9.17, 15) is 4.79 Å². The molecule has 0 aliphatic carbocycles. The van der Waals surface area contributed by atoms with Gasteiger partial charge in [0.05, 0.1) is 5.69 Å². The van der Waals surface area contributed by atoms with Crippen molar-refractivity contribution in [2.24, 2.45) is 4.99 Å². The molecule has 18 heavy (non-hydrogen) atoms. The number of carbonyl (C=O) groups is 1. The molecule has 0 aliphatic rings. The summed E-state index contributed by atoms with van der Waals surface area (Å²) in [5, 5.41) is 14.1. The number of aliphatic imine (C=N–C) groups is 1. The lowest BCUT2D eigenvalue weighted by atomic mass is 10.1. The Labute approximate surface area is 110 Å². The van der Waals surface area contributed by atoms with Crippen molar-refractivity contribution >= 4 is 28.5 Å². The first-order chi connectivity index (χ1) is 8.62. The van der Waals surface area contributed by atoms with Crippen LogP contribution in [0.15, 0.2) is 23.2 Å². The van der Waals surface area contributed by atoms with Gasteiger partial charge in [0, 0.05) is 12.6 Å². The quantitative estimate of drug-likeness (QED) is 0.368. The van der Waals surface area contributed by atoms with Crippen molar-refractivity contribution in [3.8, 4) is 6.19 Å². The molecule has 0 aromatic heterocycles. The monoisotopic (exact) mass is 262 g/mol. The van der Waals surface area contributed by atoms with E-state index < -0.39 is 0 Å². The number of nitriles is 1. The van der Waals surface area contributed by atoms with Crippen LogP contribution in [0.1, 0.15) is 15.9 Å². The van der Waals surface area contributed by atoms with Crippen molar-refractivity contribution in [2.45, 2.75) is 6.92 Å². The van der Waals surface area contributed by atoms with E-state index in [4.69, 9.17) is 5.26 Å². The number of carbonyl (C=O) groups excluding carboxylic acids is 1. The van der Waals surface area contributed by atoms with Crippen LogP contribution in [0.25, 0.3) is 0 Å². The Bertz CT molecular complexity index is 519. The van der Waals surface area contributed by atoms with E-state index in [-0.39, 0.29) is 5.91 Å². The van der Waals surface area contributed by atoms with Gasteiger partial charge in [-0.3, -0.25) is 10.1 Å². The summed E-state index contributed by atoms with van der Waals surface area (Å²) in [4.78, 5) is 15.8. The van der Waals surface area contributed by atoms with Gasteiger partial charge in [-0.1, -0.05) is 17.8 Å². The SMILES string of the molecule is CNC(=O)c1ccc(C)c(N=C(NC#N)SC)c1. The summed E-state index contributed by atoms with van der Waals surface area (Å²) in [5.41, 5.74) is 2.15. The van der Waals surface area contributed by atoms with E-state index in [2.05, 4.69) is 15.6 Å². The molecule has 0 heterocycles. The van der Waals surface area contributed by atoms with Crippen LogP contribution in [-0.2, 0) is 0 Å². The van der Waals surface area contributed by atoms with Crippen LogP contribution >= 0.6 is 11.8 Å². The largest absolute Gasteiger partial charge is 0.355 e. The first-order valence-electron chi connectivity index (χ1n) is 5.23. The Morgan fingerprint density at radius 3 is 2.78 bits per heavy atom. The average Bonchev–Trinajstić information content (AvgIpc) is 2.39. The highest BCUT2D eigenvalue weighted by atomic mass is 32.2. The summed E-state index contributed by atoms with van der Waals surface area (Å²) in [6.45, 7) is 1.90. The summed E-state index contributed by atoms with van der Waals surface area (Å²) in [6.07, 6.45) is 3.65. The van der Waals surface area contributed by atoms with Gasteiger partial charge >= 0.3 is 0 Å². The van der Waals surface area contributed by atoms with E-state index in [1.54, 1.807) is 19.2 Å². The second kappa shape index (κ2) is 6.67. The lowest BCUT2D eigenvalue weighted by Crippen LogP contribution is -2.17. The molecular weight excluding hydrogens is 248 g/mol. The number of nitrogens with zero attached hydrogens (tertiary/aromatic N) is 2. The van der Waals surface area contributed by atoms with Crippen molar-refractivity contribution in [2.75, 3.05) is 13.3 Å². The number of hydrogen-bond acceptors (Lipinski definition) is 4. The molecule has 0 fully saturated rings. The topological polar surface area (TPSA) is 77.3 Å². The molecule has 1 rings (SSSR count). The fourth-order valence-electron chi connectivity index (χ4n) is 1.30. The van der Waals surface area contributed by atoms with Crippen molar-refractivity contribution in [1.29, 1.82) is 5.26 Å². The van der Waals surface area contributed by atoms with Crippen LogP contribution < -0.4 is 10.6 Å². The third kappa shape index (κ3) is 3.50. The van der Waals surface area contributed by atoms with E-state index in [1.165, 1.54) is 11.8 Å². The molecule has 0 radical (unpaired) electrons. The van der Waals surface area contributed by atoms with Gasteiger partial charge in [0.1, 0.15) is 0 Å². The number of aryl methyl sites for hydroxylation is 1. The van der Waals surface area contributed by atoms with E-state index in [0.29, 0.717) is 16.4 Å². The standard InChI is InChI=1S/C12H14N4OS/c1-8-4-5-9(11(17)14-2)6-10(8)16-12(18-3)15-7-13/h4-6H,1-3H3,(H,14,17)(H,15,16). The molecule has 0 saturated heterocycles. The predicted molar refractivity (Wildman–Crippen MR) is 73.9 cm³/mol. The molecule has 6 heteroatoms. The minimum absolute atomic E-state index is 0.162. The summed E-state index contributed by atoms with van der Waals surface area (Å²) < 4.78 is 0. The second-order valence-corrected chi connectivity index (χ2v) is 4.23. The number of amides is 1. The van der Waals surface area contributed by atoms with Gasteiger partial charge in [-0.2, -0.15) is 5.26 Å². The van der Waals surface area contributed by atoms with E-state index in [0.717, 1.165) is 5.56 Å². The molecule has 0 saturated carbocycles. The number of hydrogen-bond donors (Lipinski definition) is 2. The zero-order chi connectivity index (χ0) is 13.5. The van der Waals surface area contributed by atoms with Crippen molar-refractivity contribution in [3.05, 3.63) is 29.3 Å². The van der Waals surface area contributed by atoms with E-state index in [1.807, 2.05) is 25.4 Å². The minimum Gasteiger partial charge on any atom is -0.355 e. The van der Waals surface area contributed by atoms with Gasteiger partial charge < -0.3 is 5.32 Å². The minimum atomic E-state index is -0.162. The second-order valence-electron chi connectivity index (χ2n) is 3.44. The van der Waals surface area contributed by atoms with Gasteiger partial charge in [0.15, 0.2) is 11.4 Å². The summed E-state index contributed by atoms with van der Waals surface area (Å²) in [5.74, 6) is -0.162. The van der Waals surface area contributed by atoms with Gasteiger partial charge in [0.25, 0.3) is 5.91 Å². The van der Waals surface area contributed by atoms with Crippen molar-refractivity contribution < 1.29 is 4.79 Å². The average molecular weight is 262 g/mol. The number of amidine groups is 1. The smallest absolute Gasteiger partial charge is 0.251 e. The lowest BCUT2D eigenvalue weighted by molar-refractivity contribution is 0.0963. The normalized spacial score (nSPS) is 10.7. The molecular formula is C12H14N4OS. The molecule has 0 spiro atoms. The first-order valence-corrected chi connectivity index (χ1v) is 6.45. The molecule has 0 atom stereocenters. The van der Waals surface area contributed by atoms with Crippen molar-refractivity contribution in [3.63, 3.8) is 0 Å². The molecule has 5 nitrogen and oxygen atoms in total. The zero-order valence-corrected chi connectivity index (χ0v) is 11.3. The number of thioether (sulfide) groups is 1. The number of nitrogens with one attached hydrogen (secondary N) is 2. The maximum Gasteiger partial charge on any atom is 0.251 e. The Morgan fingerprint density at radius 1 is 1.50 bits per heavy atom. The highest BCUT2D eigenvalue weighted by Gasteiger charge is 2.06. The molecule has 0 unspecified atom stereocenters. The van der Waals surface area contributed by atoms with Crippen LogP contribution in [0.5, 0.6) is 0 Å². The Kier molecular flexibility index (Phi) is 5.21. The molecule has 0 aliphatic heterocycles. The molecule has 0 bridgehead atoms. The summed E-state index contributed by atoms with van der Waals surface area (Å²) in [7, 11) is 1.58. The molecule has 1 aromatic carbocycles. The fraction of sp³-hybridized carbons (Fsp3) is 0.250. The highest BCUT2D eigenvalue weighted by Crippen LogP contribution is 2.21. The fourth-order valence-corrected chi connectivity index (χ4v) is 1.63. The van der Waals surface area contributed by atoms with Gasteiger partial charge in [0.2, 0.25) is 0 Å². The predicted octanol–water partition coefficient (Wildman–Crippen LogP) is 1.78. The highest BCUT2D eigenvalue weighted by molar-refractivity contribution is 8.13. The zero-order valence-electron chi connectivity index (χ0n) is 10.4. The number of rotatable bonds is 2. The maximum absolute atomic E-state index is 11.5. The van der Waals surface area contributed by atoms with Crippen LogP contribution in [-0.4, -0.2) is 24.4 Å². The molecule has 1 aromatic rings. The molecule has 2 N–H and O–H groups in total. The Morgan fingerprint density at radius 2 is 2.22 bits per heavy atom. The molecule has 1 amide bonds. The third-order valence-electron chi connectivity index (χ3n) is 2.28. The van der Waals surface area contributed by atoms with Gasteiger partial charge in [-0.25, -0.2) is 4.99 Å². The lowest BCUT2D eigenvalue weighted by Gasteiger charge is -2.06. The Balaban J connectivity index is 3.15. The van der Waals surface area contributed by atoms with Crippen molar-refractivity contribution in [1.82, 2.24) is 10.6 Å². The van der Waals surface area contributed by atoms with E-state index >= 15 is 0 Å². The number of benzene rings is 1. The van der Waals surface area contributed by atoms with Gasteiger partial charge in [-0.05, 0) is 30.9 Å².